The molecule has 1 heterocycles. The van der Waals surface area contributed by atoms with Crippen molar-refractivity contribution in [1.29, 1.82) is 0 Å². The van der Waals surface area contributed by atoms with Gasteiger partial charge in [-0.15, -0.1) is 0 Å². The molecule has 1 N–H and O–H groups in total. The van der Waals surface area contributed by atoms with Crippen LogP contribution in [0.25, 0.3) is 0 Å². The van der Waals surface area contributed by atoms with Crippen molar-refractivity contribution in [2.24, 2.45) is 0 Å². The van der Waals surface area contributed by atoms with Crippen LogP contribution >= 0.6 is 0 Å². The predicted octanol–water partition coefficient (Wildman–Crippen LogP) is 2.42. The van der Waals surface area contributed by atoms with Crippen LogP contribution in [0, 0.1) is 0 Å². The lowest BCUT2D eigenvalue weighted by Crippen LogP contribution is -2.36. The van der Waals surface area contributed by atoms with E-state index in [1.807, 2.05) is 0 Å². The molecule has 19 heavy (non-hydrogen) atoms. The molecule has 1 rings (SSSR count). The van der Waals surface area contributed by atoms with Gasteiger partial charge in [-0.05, 0) is 34.6 Å². The molecule has 0 amide bonds. The number of methoxy groups -OCH3 is 1. The standard InChI is InChI=1S/C14H27N3O2/c1-7-17(11(2)9-18-6)13-16-12(10-19-13)8-15-14(3,4)5/h10-11,15H,7-9H2,1-6H3. The van der Waals surface area contributed by atoms with Crippen molar-refractivity contribution in [2.75, 3.05) is 25.2 Å². The van der Waals surface area contributed by atoms with Crippen LogP contribution in [0.2, 0.25) is 0 Å². The SMILES string of the molecule is CCN(c1nc(CNC(C)(C)C)co1)C(C)COC. The van der Waals surface area contributed by atoms with Gasteiger partial charge in [0, 0.05) is 25.7 Å². The lowest BCUT2D eigenvalue weighted by molar-refractivity contribution is 0.180. The van der Waals surface area contributed by atoms with E-state index >= 15 is 0 Å². The molecule has 0 saturated carbocycles. The third-order valence-corrected chi connectivity index (χ3v) is 2.87. The van der Waals surface area contributed by atoms with Gasteiger partial charge in [0.15, 0.2) is 0 Å². The first kappa shape index (κ1) is 16.0. The minimum Gasteiger partial charge on any atom is -0.432 e. The summed E-state index contributed by atoms with van der Waals surface area (Å²) in [5, 5.41) is 3.40. The zero-order valence-corrected chi connectivity index (χ0v) is 13.0. The van der Waals surface area contributed by atoms with E-state index in [1.54, 1.807) is 13.4 Å². The van der Waals surface area contributed by atoms with E-state index < -0.39 is 0 Å². The molecule has 0 radical (unpaired) electrons. The van der Waals surface area contributed by atoms with Crippen LogP contribution in [0.3, 0.4) is 0 Å². The number of hydrogen-bond donors (Lipinski definition) is 1. The van der Waals surface area contributed by atoms with Gasteiger partial charge in [0.2, 0.25) is 0 Å². The molecule has 110 valence electrons. The van der Waals surface area contributed by atoms with E-state index in [1.165, 1.54) is 0 Å². The Labute approximate surface area is 116 Å². The Hall–Kier alpha value is -1.07. The number of oxazole rings is 1. The van der Waals surface area contributed by atoms with Crippen LogP contribution in [-0.2, 0) is 11.3 Å². The maximum Gasteiger partial charge on any atom is 0.297 e. The smallest absolute Gasteiger partial charge is 0.297 e. The van der Waals surface area contributed by atoms with E-state index in [2.05, 4.69) is 49.8 Å². The van der Waals surface area contributed by atoms with Crippen LogP contribution < -0.4 is 10.2 Å². The first-order valence-corrected chi connectivity index (χ1v) is 6.82. The highest BCUT2D eigenvalue weighted by Gasteiger charge is 2.18. The van der Waals surface area contributed by atoms with E-state index in [9.17, 15) is 0 Å². The molecule has 1 atom stereocenters. The zero-order chi connectivity index (χ0) is 14.5. The highest BCUT2D eigenvalue weighted by Crippen LogP contribution is 2.17. The first-order chi connectivity index (χ1) is 8.87. The molecule has 0 aromatic carbocycles. The topological polar surface area (TPSA) is 50.5 Å². The van der Waals surface area contributed by atoms with E-state index in [0.29, 0.717) is 19.2 Å². The van der Waals surface area contributed by atoms with Crippen LogP contribution in [0.4, 0.5) is 6.01 Å². The number of ether oxygens (including phenoxy) is 1. The Balaban J connectivity index is 2.66. The van der Waals surface area contributed by atoms with Gasteiger partial charge in [0.25, 0.3) is 6.01 Å². The van der Waals surface area contributed by atoms with E-state index in [-0.39, 0.29) is 11.6 Å². The van der Waals surface area contributed by atoms with E-state index in [4.69, 9.17) is 9.15 Å². The molecule has 0 aliphatic rings. The number of nitrogens with one attached hydrogen (secondary N) is 1. The molecule has 1 aromatic heterocycles. The summed E-state index contributed by atoms with van der Waals surface area (Å²) in [6.45, 7) is 12.8. The van der Waals surface area contributed by atoms with Gasteiger partial charge in [-0.1, -0.05) is 0 Å². The predicted molar refractivity (Wildman–Crippen MR) is 77.5 cm³/mol. The third kappa shape index (κ3) is 5.20. The Bertz CT molecular complexity index is 371. The van der Waals surface area contributed by atoms with Gasteiger partial charge >= 0.3 is 0 Å². The monoisotopic (exact) mass is 269 g/mol. The van der Waals surface area contributed by atoms with Crippen molar-refractivity contribution >= 4 is 6.01 Å². The van der Waals surface area contributed by atoms with Crippen LogP contribution in [0.15, 0.2) is 10.7 Å². The van der Waals surface area contributed by atoms with Crippen molar-refractivity contribution in [3.8, 4) is 0 Å². The van der Waals surface area contributed by atoms with E-state index in [0.717, 1.165) is 12.2 Å². The Morgan fingerprint density at radius 3 is 2.68 bits per heavy atom. The summed E-state index contributed by atoms with van der Waals surface area (Å²) < 4.78 is 10.8. The second-order valence-corrected chi connectivity index (χ2v) is 5.82. The second-order valence-electron chi connectivity index (χ2n) is 5.82. The number of hydrogen-bond acceptors (Lipinski definition) is 5. The van der Waals surface area contributed by atoms with Crippen molar-refractivity contribution in [3.05, 3.63) is 12.0 Å². The fraction of sp³-hybridized carbons (Fsp3) is 0.786. The number of rotatable bonds is 7. The lowest BCUT2D eigenvalue weighted by Gasteiger charge is -2.25. The Morgan fingerprint density at radius 1 is 1.47 bits per heavy atom. The van der Waals surface area contributed by atoms with Crippen LogP contribution in [0.1, 0.15) is 40.3 Å². The summed E-state index contributed by atoms with van der Waals surface area (Å²) in [4.78, 5) is 6.63. The second kappa shape index (κ2) is 6.91. The quantitative estimate of drug-likeness (QED) is 0.824. The molecule has 5 heteroatoms. The normalized spacial score (nSPS) is 13.6. The Kier molecular flexibility index (Phi) is 5.82. The third-order valence-electron chi connectivity index (χ3n) is 2.87. The van der Waals surface area contributed by atoms with Crippen molar-refractivity contribution in [2.45, 2.75) is 52.7 Å². The summed E-state index contributed by atoms with van der Waals surface area (Å²) in [6.07, 6.45) is 1.72. The molecule has 1 unspecified atom stereocenters. The van der Waals surface area contributed by atoms with Crippen molar-refractivity contribution in [1.82, 2.24) is 10.3 Å². The highest BCUT2D eigenvalue weighted by atomic mass is 16.5. The molecular weight excluding hydrogens is 242 g/mol. The van der Waals surface area contributed by atoms with Gasteiger partial charge in [-0.3, -0.25) is 0 Å². The Morgan fingerprint density at radius 2 is 2.16 bits per heavy atom. The molecule has 0 saturated heterocycles. The fourth-order valence-corrected chi connectivity index (χ4v) is 1.83. The molecule has 0 aliphatic heterocycles. The average Bonchev–Trinajstić information content (AvgIpc) is 2.75. The number of nitrogens with zero attached hydrogens (tertiary/aromatic N) is 2. The van der Waals surface area contributed by atoms with Gasteiger partial charge in [0.05, 0.1) is 18.3 Å². The zero-order valence-electron chi connectivity index (χ0n) is 13.0. The highest BCUT2D eigenvalue weighted by molar-refractivity contribution is 5.28. The molecule has 1 aromatic rings. The summed E-state index contributed by atoms with van der Waals surface area (Å²) >= 11 is 0. The average molecular weight is 269 g/mol. The number of likely N-dealkylation sites (N-methyl/N-ethyl adjacent to an activating group) is 1. The number of anilines is 1. The van der Waals surface area contributed by atoms with Crippen molar-refractivity contribution < 1.29 is 9.15 Å². The maximum absolute atomic E-state index is 5.57. The van der Waals surface area contributed by atoms with Crippen LogP contribution in [-0.4, -0.2) is 36.8 Å². The van der Waals surface area contributed by atoms with Gasteiger partial charge in [-0.2, -0.15) is 4.98 Å². The molecule has 0 bridgehead atoms. The molecule has 0 spiro atoms. The summed E-state index contributed by atoms with van der Waals surface area (Å²) in [5.41, 5.74) is 1.00. The molecular formula is C14H27N3O2. The minimum atomic E-state index is 0.0763. The molecule has 5 nitrogen and oxygen atoms in total. The summed E-state index contributed by atoms with van der Waals surface area (Å²) in [5.74, 6) is 0. The van der Waals surface area contributed by atoms with Gasteiger partial charge in [0.1, 0.15) is 6.26 Å². The fourth-order valence-electron chi connectivity index (χ4n) is 1.83. The van der Waals surface area contributed by atoms with Gasteiger partial charge in [-0.25, -0.2) is 0 Å². The van der Waals surface area contributed by atoms with Crippen LogP contribution in [0.5, 0.6) is 0 Å². The summed E-state index contributed by atoms with van der Waals surface area (Å²) in [7, 11) is 1.71. The largest absolute Gasteiger partial charge is 0.432 e. The minimum absolute atomic E-state index is 0.0763. The first-order valence-electron chi connectivity index (χ1n) is 6.82. The molecule has 0 fully saturated rings. The van der Waals surface area contributed by atoms with Crippen molar-refractivity contribution in [3.63, 3.8) is 0 Å². The summed E-state index contributed by atoms with van der Waals surface area (Å²) in [6, 6.07) is 0.912. The maximum atomic E-state index is 5.57. The molecule has 0 aliphatic carbocycles. The van der Waals surface area contributed by atoms with Gasteiger partial charge < -0.3 is 19.4 Å². The lowest BCUT2D eigenvalue weighted by atomic mass is 10.1. The number of aromatic nitrogens is 1.